The van der Waals surface area contributed by atoms with E-state index in [-0.39, 0.29) is 11.3 Å². The zero-order chi connectivity index (χ0) is 19.6. The molecule has 1 aromatic heterocycles. The molecule has 27 heavy (non-hydrogen) atoms. The zero-order valence-electron chi connectivity index (χ0n) is 14.6. The monoisotopic (exact) mass is 367 g/mol. The fourth-order valence-electron chi connectivity index (χ4n) is 2.82. The number of nitrogens with zero attached hydrogens (tertiary/aromatic N) is 2. The Bertz CT molecular complexity index is 1060. The molecule has 9 heteroatoms. The van der Waals surface area contributed by atoms with Gasteiger partial charge in [0, 0.05) is 49.0 Å². The van der Waals surface area contributed by atoms with Crippen molar-refractivity contribution in [3.63, 3.8) is 0 Å². The molecule has 1 heterocycles. The molecule has 0 bridgehead atoms. The molecule has 2 amide bonds. The highest BCUT2D eigenvalue weighted by molar-refractivity contribution is 6.08. The number of non-ortho nitro benzene ring substituents is 1. The maximum atomic E-state index is 12.5. The van der Waals surface area contributed by atoms with Crippen LogP contribution in [0, 0.1) is 10.1 Å². The van der Waals surface area contributed by atoms with E-state index < -0.39 is 16.7 Å². The number of aryl methyl sites for hydroxylation is 1. The largest absolute Gasteiger partial charge is 0.387 e. The second-order valence-electron chi connectivity index (χ2n) is 5.82. The number of fused-ring (bicyclic) bond motifs is 1. The molecule has 0 radical (unpaired) electrons. The lowest BCUT2D eigenvalue weighted by atomic mass is 10.1. The van der Waals surface area contributed by atoms with E-state index in [1.54, 1.807) is 13.2 Å². The van der Waals surface area contributed by atoms with Crippen LogP contribution in [-0.2, 0) is 7.05 Å². The minimum atomic E-state index is -0.670. The number of hydrogen-bond donors (Lipinski definition) is 3. The standard InChI is InChI=1S/C18H17N5O4/c1-19-15-8-7-11(23(26)27)9-13(15)17(24)20-21-18(25)14-10-22(2)16-6-4-3-5-12(14)16/h3-10,19H,1-2H3,(H,20,24)(H,21,25). The Balaban J connectivity index is 1.80. The molecule has 0 atom stereocenters. The van der Waals surface area contributed by atoms with Gasteiger partial charge in [0.2, 0.25) is 0 Å². The third kappa shape index (κ3) is 3.43. The van der Waals surface area contributed by atoms with Gasteiger partial charge in [-0.25, -0.2) is 0 Å². The first-order chi connectivity index (χ1) is 12.9. The summed E-state index contributed by atoms with van der Waals surface area (Å²) in [4.78, 5) is 35.2. The number of rotatable bonds is 4. The second-order valence-corrected chi connectivity index (χ2v) is 5.82. The fourth-order valence-corrected chi connectivity index (χ4v) is 2.82. The molecule has 0 saturated carbocycles. The number of benzene rings is 2. The van der Waals surface area contributed by atoms with E-state index in [9.17, 15) is 19.7 Å². The summed E-state index contributed by atoms with van der Waals surface area (Å²) >= 11 is 0. The van der Waals surface area contributed by atoms with Gasteiger partial charge in [-0.05, 0) is 12.1 Å². The predicted molar refractivity (Wildman–Crippen MR) is 100 cm³/mol. The van der Waals surface area contributed by atoms with E-state index in [2.05, 4.69) is 16.2 Å². The molecule has 3 aromatic rings. The molecule has 3 rings (SSSR count). The molecule has 138 valence electrons. The first-order valence-corrected chi connectivity index (χ1v) is 8.03. The number of amides is 2. The van der Waals surface area contributed by atoms with Gasteiger partial charge in [-0.3, -0.25) is 30.6 Å². The van der Waals surface area contributed by atoms with Gasteiger partial charge >= 0.3 is 0 Å². The summed E-state index contributed by atoms with van der Waals surface area (Å²) in [6, 6.07) is 11.2. The van der Waals surface area contributed by atoms with Crippen molar-refractivity contribution in [2.75, 3.05) is 12.4 Å². The van der Waals surface area contributed by atoms with Crippen LogP contribution >= 0.6 is 0 Å². The zero-order valence-corrected chi connectivity index (χ0v) is 14.6. The van der Waals surface area contributed by atoms with Crippen molar-refractivity contribution in [3.05, 3.63) is 69.9 Å². The second kappa shape index (κ2) is 7.16. The molecular weight excluding hydrogens is 350 g/mol. The average molecular weight is 367 g/mol. The Labute approximate surface area is 154 Å². The summed E-state index contributed by atoms with van der Waals surface area (Å²) < 4.78 is 1.81. The van der Waals surface area contributed by atoms with E-state index in [1.165, 1.54) is 12.1 Å². The van der Waals surface area contributed by atoms with Crippen molar-refractivity contribution < 1.29 is 14.5 Å². The Hall–Kier alpha value is -3.88. The lowest BCUT2D eigenvalue weighted by molar-refractivity contribution is -0.384. The van der Waals surface area contributed by atoms with Crippen LogP contribution in [0.4, 0.5) is 11.4 Å². The highest BCUT2D eigenvalue weighted by atomic mass is 16.6. The van der Waals surface area contributed by atoms with Crippen molar-refractivity contribution in [3.8, 4) is 0 Å². The van der Waals surface area contributed by atoms with Crippen molar-refractivity contribution >= 4 is 34.1 Å². The summed E-state index contributed by atoms with van der Waals surface area (Å²) in [5.41, 5.74) is 6.16. The predicted octanol–water partition coefficient (Wildman–Crippen LogP) is 2.20. The normalized spacial score (nSPS) is 10.4. The number of aromatic nitrogens is 1. The van der Waals surface area contributed by atoms with Crippen molar-refractivity contribution in [1.29, 1.82) is 0 Å². The van der Waals surface area contributed by atoms with E-state index >= 15 is 0 Å². The minimum absolute atomic E-state index is 0.0462. The summed E-state index contributed by atoms with van der Waals surface area (Å²) in [5.74, 6) is -1.16. The lowest BCUT2D eigenvalue weighted by Gasteiger charge is -2.10. The molecule has 0 aliphatic heterocycles. The number of carbonyl (C=O) groups is 2. The molecule has 0 aliphatic carbocycles. The first-order valence-electron chi connectivity index (χ1n) is 8.03. The van der Waals surface area contributed by atoms with Gasteiger partial charge in [-0.2, -0.15) is 0 Å². The van der Waals surface area contributed by atoms with Crippen LogP contribution in [-0.4, -0.2) is 28.4 Å². The third-order valence-electron chi connectivity index (χ3n) is 4.16. The van der Waals surface area contributed by atoms with Crippen LogP contribution in [0.3, 0.4) is 0 Å². The maximum absolute atomic E-state index is 12.5. The summed E-state index contributed by atoms with van der Waals surface area (Å²) in [6.07, 6.45) is 1.67. The van der Waals surface area contributed by atoms with Crippen LogP contribution in [0.5, 0.6) is 0 Å². The SMILES string of the molecule is CNc1ccc([N+](=O)[O-])cc1C(=O)NNC(=O)c1cn(C)c2ccccc12. The maximum Gasteiger partial charge on any atom is 0.272 e. The highest BCUT2D eigenvalue weighted by Gasteiger charge is 2.18. The van der Waals surface area contributed by atoms with Crippen LogP contribution in [0.1, 0.15) is 20.7 Å². The Morgan fingerprint density at radius 2 is 1.70 bits per heavy atom. The van der Waals surface area contributed by atoms with Gasteiger partial charge in [-0.1, -0.05) is 18.2 Å². The number of anilines is 1. The van der Waals surface area contributed by atoms with Crippen molar-refractivity contribution in [2.45, 2.75) is 0 Å². The summed E-state index contributed by atoms with van der Waals surface area (Å²) in [5, 5.41) is 14.5. The van der Waals surface area contributed by atoms with Crippen LogP contribution < -0.4 is 16.2 Å². The minimum Gasteiger partial charge on any atom is -0.387 e. The number of para-hydroxylation sites is 1. The number of carbonyl (C=O) groups excluding carboxylic acids is 2. The summed E-state index contributed by atoms with van der Waals surface area (Å²) in [7, 11) is 3.41. The smallest absolute Gasteiger partial charge is 0.272 e. The van der Waals surface area contributed by atoms with Gasteiger partial charge in [0.15, 0.2) is 0 Å². The van der Waals surface area contributed by atoms with Gasteiger partial charge < -0.3 is 9.88 Å². The van der Waals surface area contributed by atoms with E-state index in [1.807, 2.05) is 35.9 Å². The van der Waals surface area contributed by atoms with Gasteiger partial charge in [0.25, 0.3) is 17.5 Å². The van der Waals surface area contributed by atoms with Gasteiger partial charge in [0.1, 0.15) is 0 Å². The average Bonchev–Trinajstić information content (AvgIpc) is 3.02. The Morgan fingerprint density at radius 3 is 2.37 bits per heavy atom. The van der Waals surface area contributed by atoms with Crippen molar-refractivity contribution in [2.24, 2.45) is 7.05 Å². The van der Waals surface area contributed by atoms with E-state index in [4.69, 9.17) is 0 Å². The Morgan fingerprint density at radius 1 is 1.04 bits per heavy atom. The highest BCUT2D eigenvalue weighted by Crippen LogP contribution is 2.22. The molecule has 0 fully saturated rings. The first kappa shape index (κ1) is 17.9. The van der Waals surface area contributed by atoms with Crippen LogP contribution in [0.15, 0.2) is 48.7 Å². The summed E-state index contributed by atoms with van der Waals surface area (Å²) in [6.45, 7) is 0. The molecule has 0 spiro atoms. The molecule has 0 aliphatic rings. The number of hydrazine groups is 1. The number of nitro groups is 1. The van der Waals surface area contributed by atoms with Crippen LogP contribution in [0.25, 0.3) is 10.9 Å². The molecule has 0 unspecified atom stereocenters. The molecule has 0 saturated heterocycles. The molecular formula is C18H17N5O4. The van der Waals surface area contributed by atoms with Gasteiger partial charge in [0.05, 0.1) is 16.1 Å². The number of nitrogens with one attached hydrogen (secondary N) is 3. The molecule has 2 aromatic carbocycles. The van der Waals surface area contributed by atoms with Crippen molar-refractivity contribution in [1.82, 2.24) is 15.4 Å². The number of hydrogen-bond acceptors (Lipinski definition) is 5. The van der Waals surface area contributed by atoms with Gasteiger partial charge in [-0.15, -0.1) is 0 Å². The van der Waals surface area contributed by atoms with Crippen LogP contribution in [0.2, 0.25) is 0 Å². The lowest BCUT2D eigenvalue weighted by Crippen LogP contribution is -2.41. The van der Waals surface area contributed by atoms with E-state index in [0.29, 0.717) is 11.3 Å². The number of nitro benzene ring substituents is 1. The Kier molecular flexibility index (Phi) is 4.75. The molecule has 9 nitrogen and oxygen atoms in total. The third-order valence-corrected chi connectivity index (χ3v) is 4.16. The topological polar surface area (TPSA) is 118 Å². The fraction of sp³-hybridized carbons (Fsp3) is 0.111. The molecule has 3 N–H and O–H groups in total. The van der Waals surface area contributed by atoms with E-state index in [0.717, 1.165) is 17.0 Å². The quantitative estimate of drug-likeness (QED) is 0.483.